The number of nitrogens with zero attached hydrogens (tertiary/aromatic N) is 1. The van der Waals surface area contributed by atoms with E-state index in [2.05, 4.69) is 10.3 Å². The van der Waals surface area contributed by atoms with Crippen molar-refractivity contribution in [3.8, 4) is 0 Å². The summed E-state index contributed by atoms with van der Waals surface area (Å²) in [6, 6.07) is 8.57. The fraction of sp³-hybridized carbons (Fsp3) is 0. The van der Waals surface area contributed by atoms with Gasteiger partial charge in [0.1, 0.15) is 0 Å². The van der Waals surface area contributed by atoms with Gasteiger partial charge in [-0.2, -0.15) is 0 Å². The molecule has 2 aromatic carbocycles. The number of hydrogen-bond acceptors (Lipinski definition) is 3. The van der Waals surface area contributed by atoms with Crippen LogP contribution in [-0.2, 0) is 0 Å². The van der Waals surface area contributed by atoms with Gasteiger partial charge in [0.05, 0.1) is 11.2 Å². The zero-order valence-electron chi connectivity index (χ0n) is 10.7. The molecule has 106 valence electrons. The van der Waals surface area contributed by atoms with E-state index in [4.69, 9.17) is 5.73 Å². The molecule has 0 aliphatic rings. The molecule has 0 bridgehead atoms. The molecule has 0 fully saturated rings. The average molecular weight is 289 g/mol. The maximum absolute atomic E-state index is 13.2. The summed E-state index contributed by atoms with van der Waals surface area (Å²) in [5.41, 5.74) is 7.56. The zero-order valence-corrected chi connectivity index (χ0v) is 10.7. The lowest BCUT2D eigenvalue weighted by Crippen LogP contribution is -1.98. The van der Waals surface area contributed by atoms with Gasteiger partial charge in [0.2, 0.25) is 0 Å². The smallest absolute Gasteiger partial charge is 0.194 e. The topological polar surface area (TPSA) is 50.9 Å². The van der Waals surface area contributed by atoms with E-state index in [9.17, 15) is 13.2 Å². The van der Waals surface area contributed by atoms with Gasteiger partial charge >= 0.3 is 0 Å². The molecule has 0 radical (unpaired) electrons. The minimum absolute atomic E-state index is 0.0984. The molecule has 3 rings (SSSR count). The number of halogens is 3. The highest BCUT2D eigenvalue weighted by molar-refractivity contribution is 5.99. The van der Waals surface area contributed by atoms with Crippen molar-refractivity contribution in [2.75, 3.05) is 11.1 Å². The quantitative estimate of drug-likeness (QED) is 0.554. The first kappa shape index (κ1) is 13.2. The Morgan fingerprint density at radius 1 is 1.00 bits per heavy atom. The maximum atomic E-state index is 13.2. The molecule has 0 unspecified atom stereocenters. The Bertz CT molecular complexity index is 811. The molecule has 0 saturated carbocycles. The number of nitrogens with two attached hydrogens (primary N) is 1. The molecule has 3 aromatic rings. The lowest BCUT2D eigenvalue weighted by atomic mass is 10.1. The molecule has 3 N–H and O–H groups in total. The van der Waals surface area contributed by atoms with Crippen molar-refractivity contribution in [3.63, 3.8) is 0 Å². The van der Waals surface area contributed by atoms with E-state index >= 15 is 0 Å². The number of pyridine rings is 1. The maximum Gasteiger partial charge on any atom is 0.194 e. The largest absolute Gasteiger partial charge is 0.397 e. The van der Waals surface area contributed by atoms with Gasteiger partial charge in [-0.1, -0.05) is 0 Å². The van der Waals surface area contributed by atoms with Gasteiger partial charge in [-0.3, -0.25) is 4.98 Å². The van der Waals surface area contributed by atoms with Crippen molar-refractivity contribution in [3.05, 3.63) is 60.0 Å². The first-order valence-electron chi connectivity index (χ1n) is 6.11. The molecular weight excluding hydrogens is 279 g/mol. The van der Waals surface area contributed by atoms with Crippen LogP contribution in [0.25, 0.3) is 10.9 Å². The zero-order chi connectivity index (χ0) is 15.0. The normalized spacial score (nSPS) is 10.8. The minimum Gasteiger partial charge on any atom is -0.397 e. The number of nitrogens with one attached hydrogen (secondary N) is 1. The van der Waals surface area contributed by atoms with Crippen LogP contribution < -0.4 is 11.1 Å². The summed E-state index contributed by atoms with van der Waals surface area (Å²) < 4.78 is 39.4. The van der Waals surface area contributed by atoms with Gasteiger partial charge in [0, 0.05) is 35.1 Å². The van der Waals surface area contributed by atoms with Gasteiger partial charge in [-0.15, -0.1) is 0 Å². The summed E-state index contributed by atoms with van der Waals surface area (Å²) in [7, 11) is 0. The molecule has 0 amide bonds. The second-order valence-electron chi connectivity index (χ2n) is 4.48. The van der Waals surface area contributed by atoms with Crippen LogP contribution in [0, 0.1) is 17.5 Å². The molecule has 6 heteroatoms. The third-order valence-electron chi connectivity index (χ3n) is 3.06. The van der Waals surface area contributed by atoms with E-state index in [1.165, 1.54) is 0 Å². The van der Waals surface area contributed by atoms with Crippen LogP contribution in [0.4, 0.5) is 30.2 Å². The Kier molecular flexibility index (Phi) is 3.13. The summed E-state index contributed by atoms with van der Waals surface area (Å²) in [6.45, 7) is 0. The summed E-state index contributed by atoms with van der Waals surface area (Å²) in [4.78, 5) is 4.16. The van der Waals surface area contributed by atoms with Crippen LogP contribution in [0.3, 0.4) is 0 Å². The number of hydrogen-bond donors (Lipinski definition) is 2. The molecule has 0 saturated heterocycles. The van der Waals surface area contributed by atoms with Crippen molar-refractivity contribution < 1.29 is 13.2 Å². The van der Waals surface area contributed by atoms with Crippen LogP contribution in [0.15, 0.2) is 42.6 Å². The van der Waals surface area contributed by atoms with E-state index in [-0.39, 0.29) is 5.69 Å². The van der Waals surface area contributed by atoms with Gasteiger partial charge in [-0.05, 0) is 24.3 Å². The molecule has 1 aromatic heterocycles. The number of nitrogen functional groups attached to an aromatic ring is 1. The molecule has 3 nitrogen and oxygen atoms in total. The van der Waals surface area contributed by atoms with E-state index in [0.29, 0.717) is 22.3 Å². The monoisotopic (exact) mass is 289 g/mol. The molecule has 0 aliphatic heterocycles. The van der Waals surface area contributed by atoms with E-state index in [1.54, 1.807) is 30.5 Å². The molecule has 0 aliphatic carbocycles. The Morgan fingerprint density at radius 2 is 1.71 bits per heavy atom. The van der Waals surface area contributed by atoms with Gasteiger partial charge in [0.15, 0.2) is 17.5 Å². The number of anilines is 3. The van der Waals surface area contributed by atoms with Crippen molar-refractivity contribution in [2.45, 2.75) is 0 Å². The molecule has 1 heterocycles. The van der Waals surface area contributed by atoms with Gasteiger partial charge in [-0.25, -0.2) is 13.2 Å². The summed E-state index contributed by atoms with van der Waals surface area (Å²) in [6.07, 6.45) is 1.60. The van der Waals surface area contributed by atoms with Crippen molar-refractivity contribution in [1.82, 2.24) is 4.98 Å². The van der Waals surface area contributed by atoms with Crippen LogP contribution in [0.5, 0.6) is 0 Å². The highest BCUT2D eigenvalue weighted by Gasteiger charge is 2.12. The van der Waals surface area contributed by atoms with Crippen LogP contribution in [0.1, 0.15) is 0 Å². The Morgan fingerprint density at radius 3 is 2.43 bits per heavy atom. The average Bonchev–Trinajstić information content (AvgIpc) is 2.48. The van der Waals surface area contributed by atoms with Crippen molar-refractivity contribution >= 4 is 28.0 Å². The predicted molar refractivity (Wildman–Crippen MR) is 75.8 cm³/mol. The summed E-state index contributed by atoms with van der Waals surface area (Å²) >= 11 is 0. The number of rotatable bonds is 2. The number of aromatic nitrogens is 1. The Hall–Kier alpha value is -2.76. The summed E-state index contributed by atoms with van der Waals surface area (Å²) in [5, 5.41) is 3.54. The van der Waals surface area contributed by atoms with Crippen LogP contribution in [0.2, 0.25) is 0 Å². The lowest BCUT2D eigenvalue weighted by molar-refractivity contribution is 0.448. The predicted octanol–water partition coefficient (Wildman–Crippen LogP) is 3.98. The summed E-state index contributed by atoms with van der Waals surface area (Å²) in [5.74, 6) is -4.00. The first-order valence-corrected chi connectivity index (χ1v) is 6.11. The van der Waals surface area contributed by atoms with E-state index in [1.807, 2.05) is 0 Å². The fourth-order valence-electron chi connectivity index (χ4n) is 2.09. The number of benzene rings is 2. The fourth-order valence-corrected chi connectivity index (χ4v) is 2.09. The highest BCUT2D eigenvalue weighted by atomic mass is 19.2. The van der Waals surface area contributed by atoms with Crippen molar-refractivity contribution in [1.29, 1.82) is 0 Å². The van der Waals surface area contributed by atoms with E-state index in [0.717, 1.165) is 12.1 Å². The molecule has 21 heavy (non-hydrogen) atoms. The second kappa shape index (κ2) is 4.97. The Balaban J connectivity index is 2.09. The van der Waals surface area contributed by atoms with E-state index < -0.39 is 17.5 Å². The third kappa shape index (κ3) is 2.35. The highest BCUT2D eigenvalue weighted by Crippen LogP contribution is 2.29. The SMILES string of the molecule is Nc1ccc(Nc2cc(F)c(F)c(F)c2)c2cccnc12. The third-order valence-corrected chi connectivity index (χ3v) is 3.06. The van der Waals surface area contributed by atoms with Gasteiger partial charge < -0.3 is 11.1 Å². The van der Waals surface area contributed by atoms with Crippen LogP contribution in [-0.4, -0.2) is 4.98 Å². The van der Waals surface area contributed by atoms with Crippen molar-refractivity contribution in [2.24, 2.45) is 0 Å². The van der Waals surface area contributed by atoms with Gasteiger partial charge in [0.25, 0.3) is 0 Å². The first-order chi connectivity index (χ1) is 10.1. The standard InChI is InChI=1S/C15H10F3N3/c16-10-6-8(7-11(17)14(10)18)21-13-4-3-12(19)15-9(13)2-1-5-20-15/h1-7,21H,19H2. The number of fused-ring (bicyclic) bond motifs is 1. The lowest BCUT2D eigenvalue weighted by Gasteiger charge is -2.11. The Labute approximate surface area is 118 Å². The molecule has 0 atom stereocenters. The molecule has 0 spiro atoms. The second-order valence-corrected chi connectivity index (χ2v) is 4.48. The van der Waals surface area contributed by atoms with Crippen LogP contribution >= 0.6 is 0 Å². The molecular formula is C15H10F3N3. The minimum atomic E-state index is -1.50.